The van der Waals surface area contributed by atoms with Crippen molar-refractivity contribution in [1.29, 1.82) is 0 Å². The highest BCUT2D eigenvalue weighted by Gasteiger charge is 2.28. The zero-order chi connectivity index (χ0) is 83.5. The van der Waals surface area contributed by atoms with Gasteiger partial charge in [0.2, 0.25) is 0 Å². The number of benzene rings is 28. The molecule has 0 nitrogen and oxygen atoms in total. The Hall–Kier alpha value is -16.6. The van der Waals surface area contributed by atoms with Crippen LogP contribution in [0, 0.1) is 0 Å². The van der Waals surface area contributed by atoms with E-state index in [0.717, 1.165) is 0 Å². The van der Waals surface area contributed by atoms with Crippen molar-refractivity contribution in [3.05, 3.63) is 449 Å². The van der Waals surface area contributed by atoms with Crippen LogP contribution in [0.25, 0.3) is 293 Å². The smallest absolute Gasteiger partial charge is 0.00199 e. The first-order chi connectivity index (χ1) is 63.5. The summed E-state index contributed by atoms with van der Waals surface area (Å²) in [5.41, 5.74) is 17.2. The number of hydrogen-bond acceptors (Lipinski definition) is 0. The third-order valence-electron chi connectivity index (χ3n) is 28.8. The standard InChI is InChI=1S/C128H74/c1-9-38-83-75(28-1)36-23-56-104(83)123-85-40-11-3-30-77(85)66-112-97-54-26-58-106(102(97)61-64-108(112)123)125-87-42-13-6-33-80(87)69-115-93-48-19-21-50-99(93)118(73-121(115)125)127-89-44-15-5-32-79(89)68-111-95-52-25-53-96(101(95)60-63-110(111)127)117-72-120-114(91-46-17-18-47-92(91)117)71-82-35-8-16-45-90(82)128(120)119-74-122-116(94-49-20-22-51-100(94)119)70-81-34-7-14-43-88(81)126(122)107-59-27-55-98-103(107)62-65-109-113(98)67-78-31-4-12-41-86(78)124(109)105-57-24-37-76-29-2-10-39-84(76)105/h1-74H. The van der Waals surface area contributed by atoms with Crippen molar-refractivity contribution in [3.63, 3.8) is 0 Å². The zero-order valence-electron chi connectivity index (χ0n) is 69.7. The second kappa shape index (κ2) is 27.4. The first kappa shape index (κ1) is 70.8. The van der Waals surface area contributed by atoms with Gasteiger partial charge in [0.15, 0.2) is 0 Å². The summed E-state index contributed by atoms with van der Waals surface area (Å²) in [4.78, 5) is 0. The van der Waals surface area contributed by atoms with Gasteiger partial charge in [-0.25, -0.2) is 0 Å². The molecule has 0 bridgehead atoms. The molecule has 28 aromatic rings. The molecule has 0 fully saturated rings. The monoisotopic (exact) mass is 1610 g/mol. The molecule has 28 aromatic carbocycles. The molecule has 0 aliphatic heterocycles. The fourth-order valence-electron chi connectivity index (χ4n) is 23.4. The predicted octanol–water partition coefficient (Wildman–Crippen LogP) is 36.4. The van der Waals surface area contributed by atoms with E-state index in [1.807, 2.05) is 0 Å². The maximum Gasteiger partial charge on any atom is -0.00199 e. The van der Waals surface area contributed by atoms with Gasteiger partial charge in [-0.2, -0.15) is 0 Å². The van der Waals surface area contributed by atoms with Crippen molar-refractivity contribution in [2.45, 2.75) is 0 Å². The lowest BCUT2D eigenvalue weighted by Gasteiger charge is -2.22. The van der Waals surface area contributed by atoms with Gasteiger partial charge in [0.1, 0.15) is 0 Å². The SMILES string of the molecule is c1ccc2c(-c3c4ccccc4cc4c3ccc3c(-c5c6ccccc6cc6c5cc(-c5c7ccccc7cc7c5ccc5c(-c8cc9c(-c%10cc%11c(-c%12cccc%13c%12ccc%12c(-c%14cccc%15ccccc%14%15)c%14ccccc%14cc%12%13)c%12ccccc%12cc%11c%11ccccc%10%11)c%10ccccc%10cc9c9ccccc89)cccc57)c5ccccc56)cccc34)cccc2c1. The van der Waals surface area contributed by atoms with Gasteiger partial charge in [0.25, 0.3) is 0 Å². The zero-order valence-corrected chi connectivity index (χ0v) is 69.7. The Morgan fingerprint density at radius 2 is 0.242 bits per heavy atom. The summed E-state index contributed by atoms with van der Waals surface area (Å²) >= 11 is 0. The first-order valence-electron chi connectivity index (χ1n) is 44.7. The number of hydrogen-bond donors (Lipinski definition) is 0. The topological polar surface area (TPSA) is 0 Å². The van der Waals surface area contributed by atoms with Gasteiger partial charge in [0.05, 0.1) is 0 Å². The molecule has 128 heavy (non-hydrogen) atoms. The van der Waals surface area contributed by atoms with E-state index in [9.17, 15) is 0 Å². The van der Waals surface area contributed by atoms with Crippen LogP contribution in [0.5, 0.6) is 0 Å². The third-order valence-corrected chi connectivity index (χ3v) is 28.8. The van der Waals surface area contributed by atoms with Crippen molar-refractivity contribution >= 4 is 215 Å². The maximum absolute atomic E-state index is 2.59. The average Bonchev–Trinajstić information content (AvgIpc) is 0.709. The lowest BCUT2D eigenvalue weighted by molar-refractivity contribution is 1.70. The molecule has 0 aliphatic rings. The maximum atomic E-state index is 2.59. The van der Waals surface area contributed by atoms with E-state index >= 15 is 0 Å². The molecule has 0 saturated heterocycles. The molecule has 0 atom stereocenters. The van der Waals surface area contributed by atoms with E-state index in [1.165, 1.54) is 293 Å². The van der Waals surface area contributed by atoms with E-state index in [4.69, 9.17) is 0 Å². The van der Waals surface area contributed by atoms with E-state index < -0.39 is 0 Å². The van der Waals surface area contributed by atoms with Crippen molar-refractivity contribution in [1.82, 2.24) is 0 Å². The second-order valence-electron chi connectivity index (χ2n) is 35.3. The van der Waals surface area contributed by atoms with E-state index in [1.54, 1.807) is 0 Å². The highest BCUT2D eigenvalue weighted by molar-refractivity contribution is 6.35. The highest BCUT2D eigenvalue weighted by Crippen LogP contribution is 2.55. The van der Waals surface area contributed by atoms with Crippen molar-refractivity contribution < 1.29 is 0 Å². The Morgan fingerprint density at radius 3 is 0.562 bits per heavy atom. The van der Waals surface area contributed by atoms with Gasteiger partial charge in [-0.3, -0.25) is 0 Å². The molecule has 0 heterocycles. The molecule has 0 aromatic heterocycles. The minimum Gasteiger partial charge on any atom is -0.0616 e. The van der Waals surface area contributed by atoms with Gasteiger partial charge in [0, 0.05) is 0 Å². The molecule has 0 amide bonds. The van der Waals surface area contributed by atoms with Crippen LogP contribution >= 0.6 is 0 Å². The molecular formula is C128H74. The van der Waals surface area contributed by atoms with Crippen LogP contribution < -0.4 is 0 Å². The molecule has 0 N–H and O–H groups in total. The van der Waals surface area contributed by atoms with Crippen LogP contribution in [0.3, 0.4) is 0 Å². The summed E-state index contributed by atoms with van der Waals surface area (Å²) in [5.74, 6) is 0. The minimum atomic E-state index is 1.20. The number of fused-ring (bicyclic) bond motifs is 26. The fourth-order valence-corrected chi connectivity index (χ4v) is 23.4. The lowest BCUT2D eigenvalue weighted by Crippen LogP contribution is -1.94. The van der Waals surface area contributed by atoms with Crippen LogP contribution in [0.1, 0.15) is 0 Å². The van der Waals surface area contributed by atoms with Gasteiger partial charge in [-0.1, -0.05) is 394 Å². The number of rotatable bonds is 7. The average molecular weight is 1610 g/mol. The van der Waals surface area contributed by atoms with Crippen LogP contribution in [0.15, 0.2) is 449 Å². The molecule has 0 unspecified atom stereocenters. The lowest BCUT2D eigenvalue weighted by atomic mass is 9.81. The Labute approximate surface area is 736 Å². The van der Waals surface area contributed by atoms with Gasteiger partial charge in [-0.15, -0.1) is 0 Å². The molecule has 586 valence electrons. The van der Waals surface area contributed by atoms with Crippen LogP contribution in [0.2, 0.25) is 0 Å². The summed E-state index contributed by atoms with van der Waals surface area (Å²) in [6.07, 6.45) is 0. The van der Waals surface area contributed by atoms with Gasteiger partial charge < -0.3 is 0 Å². The molecule has 0 radical (unpaired) electrons. The summed E-state index contributed by atoms with van der Waals surface area (Å²) in [6, 6.07) is 172. The van der Waals surface area contributed by atoms with Crippen LogP contribution in [-0.2, 0) is 0 Å². The normalized spacial score (nSPS) is 12.2. The summed E-state index contributed by atoms with van der Waals surface area (Å²) in [5, 5.41) is 49.2. The predicted molar refractivity (Wildman–Crippen MR) is 555 cm³/mol. The van der Waals surface area contributed by atoms with E-state index in [-0.39, 0.29) is 0 Å². The Kier molecular flexibility index (Phi) is 15.2. The Morgan fingerprint density at radius 1 is 0.0703 bits per heavy atom. The molecule has 0 saturated carbocycles. The second-order valence-corrected chi connectivity index (χ2v) is 35.3. The molecule has 0 spiro atoms. The summed E-state index contributed by atoms with van der Waals surface area (Å²) in [7, 11) is 0. The van der Waals surface area contributed by atoms with E-state index in [2.05, 4.69) is 449 Å². The molecule has 0 heteroatoms. The van der Waals surface area contributed by atoms with Crippen molar-refractivity contribution in [2.75, 3.05) is 0 Å². The van der Waals surface area contributed by atoms with Gasteiger partial charge >= 0.3 is 0 Å². The van der Waals surface area contributed by atoms with E-state index in [0.29, 0.717) is 0 Å². The highest BCUT2D eigenvalue weighted by atomic mass is 14.3. The Balaban J connectivity index is 0.662. The van der Waals surface area contributed by atoms with Crippen molar-refractivity contribution in [3.8, 4) is 77.9 Å². The summed E-state index contributed by atoms with van der Waals surface area (Å²) < 4.78 is 0. The molecule has 28 rings (SSSR count). The largest absolute Gasteiger partial charge is 0.0616 e. The van der Waals surface area contributed by atoms with Crippen LogP contribution in [0.4, 0.5) is 0 Å². The quantitative estimate of drug-likeness (QED) is 0.110. The fraction of sp³-hybridized carbons (Fsp3) is 0. The summed E-state index contributed by atoms with van der Waals surface area (Å²) in [6.45, 7) is 0. The third kappa shape index (κ3) is 10.3. The van der Waals surface area contributed by atoms with Crippen molar-refractivity contribution in [2.24, 2.45) is 0 Å². The Bertz CT molecular complexity index is 9840. The minimum absolute atomic E-state index is 1.20. The first-order valence-corrected chi connectivity index (χ1v) is 44.7. The van der Waals surface area contributed by atoms with Crippen LogP contribution in [-0.4, -0.2) is 0 Å². The van der Waals surface area contributed by atoms with Gasteiger partial charge in [-0.05, 0) is 348 Å². The molecule has 0 aliphatic carbocycles. The molecular weight excluding hydrogens is 1540 g/mol.